The first-order chi connectivity index (χ1) is 6.47. The van der Waals surface area contributed by atoms with Gasteiger partial charge >= 0.3 is 5.97 Å². The van der Waals surface area contributed by atoms with E-state index in [0.29, 0.717) is 5.69 Å². The number of hydrogen-bond acceptors (Lipinski definition) is 2. The molecule has 0 aliphatic heterocycles. The molecule has 3 heteroatoms. The Labute approximate surface area is 82.8 Å². The quantitative estimate of drug-likeness (QED) is 0.720. The van der Waals surface area contributed by atoms with Gasteiger partial charge in [0.25, 0.3) is 0 Å². The van der Waals surface area contributed by atoms with Gasteiger partial charge in [-0.05, 0) is 26.0 Å². The first-order valence-corrected chi connectivity index (χ1v) is 4.15. The van der Waals surface area contributed by atoms with Gasteiger partial charge in [-0.15, -0.1) is 6.42 Å². The normalized spacial score (nSPS) is 10.6. The smallest absolute Gasteiger partial charge is 0.337 e. The fourth-order valence-corrected chi connectivity index (χ4v) is 0.964. The van der Waals surface area contributed by atoms with Crippen molar-refractivity contribution in [1.82, 2.24) is 4.98 Å². The summed E-state index contributed by atoms with van der Waals surface area (Å²) in [6, 6.07) is 3.15. The molecule has 0 aliphatic rings. The molecule has 1 aromatic rings. The molecule has 0 atom stereocenters. The van der Waals surface area contributed by atoms with Gasteiger partial charge in [-0.25, -0.2) is 4.79 Å². The fraction of sp³-hybridized carbons (Fsp3) is 0.273. The zero-order chi connectivity index (χ0) is 10.8. The Balaban J connectivity index is 3.07. The second-order valence-electron chi connectivity index (χ2n) is 3.51. The summed E-state index contributed by atoms with van der Waals surface area (Å²) in [6.07, 6.45) is 6.65. The molecular weight excluding hydrogens is 178 g/mol. The third kappa shape index (κ3) is 1.91. The molecule has 0 unspecified atom stereocenters. The maximum atomic E-state index is 10.6. The number of carboxylic acid groups (broad SMARTS) is 1. The summed E-state index contributed by atoms with van der Waals surface area (Å²) in [5.74, 6) is 1.61. The Hall–Kier alpha value is -1.82. The predicted molar refractivity (Wildman–Crippen MR) is 53.1 cm³/mol. The van der Waals surface area contributed by atoms with Crippen molar-refractivity contribution >= 4 is 5.97 Å². The van der Waals surface area contributed by atoms with E-state index >= 15 is 0 Å². The van der Waals surface area contributed by atoms with Crippen LogP contribution in [0.4, 0.5) is 0 Å². The van der Waals surface area contributed by atoms with E-state index in [0.717, 1.165) is 0 Å². The maximum absolute atomic E-state index is 10.6. The first-order valence-electron chi connectivity index (χ1n) is 4.15. The average Bonchev–Trinajstić information content (AvgIpc) is 2.18. The monoisotopic (exact) mass is 189 g/mol. The van der Waals surface area contributed by atoms with Crippen LogP contribution in [0.3, 0.4) is 0 Å². The SMILES string of the molecule is C#CC(C)(C)c1ccc(C(=O)O)cn1. The standard InChI is InChI=1S/C11H11NO2/c1-4-11(2,3)9-6-5-8(7-12-9)10(13)14/h1,5-7H,2-3H3,(H,13,14). The van der Waals surface area contributed by atoms with E-state index in [4.69, 9.17) is 11.5 Å². The van der Waals surface area contributed by atoms with Crippen LogP contribution in [0.1, 0.15) is 29.9 Å². The lowest BCUT2D eigenvalue weighted by molar-refractivity contribution is 0.0696. The van der Waals surface area contributed by atoms with Crippen LogP contribution >= 0.6 is 0 Å². The molecular formula is C11H11NO2. The third-order valence-corrected chi connectivity index (χ3v) is 2.01. The van der Waals surface area contributed by atoms with Crippen LogP contribution in [0.15, 0.2) is 18.3 Å². The van der Waals surface area contributed by atoms with E-state index in [1.165, 1.54) is 12.3 Å². The van der Waals surface area contributed by atoms with Crippen LogP contribution in [0, 0.1) is 12.3 Å². The fourth-order valence-electron chi connectivity index (χ4n) is 0.964. The summed E-state index contributed by atoms with van der Waals surface area (Å²) in [4.78, 5) is 14.6. The second kappa shape index (κ2) is 3.51. The van der Waals surface area contributed by atoms with Gasteiger partial charge in [0.2, 0.25) is 0 Å². The highest BCUT2D eigenvalue weighted by molar-refractivity contribution is 5.87. The first kappa shape index (κ1) is 10.3. The molecule has 0 fully saturated rings. The van der Waals surface area contributed by atoms with E-state index in [9.17, 15) is 4.79 Å². The summed E-state index contributed by atoms with van der Waals surface area (Å²) in [7, 11) is 0. The van der Waals surface area contributed by atoms with Crippen molar-refractivity contribution in [3.63, 3.8) is 0 Å². The lowest BCUT2D eigenvalue weighted by Gasteiger charge is -2.16. The molecule has 0 bridgehead atoms. The van der Waals surface area contributed by atoms with Crippen LogP contribution in [0.5, 0.6) is 0 Å². The Bertz CT molecular complexity index is 385. The van der Waals surface area contributed by atoms with Gasteiger partial charge in [0.05, 0.1) is 16.7 Å². The maximum Gasteiger partial charge on any atom is 0.337 e. The average molecular weight is 189 g/mol. The molecule has 0 aromatic carbocycles. The molecule has 1 heterocycles. The van der Waals surface area contributed by atoms with E-state index in [1.807, 2.05) is 13.8 Å². The number of terminal acetylenes is 1. The number of pyridine rings is 1. The third-order valence-electron chi connectivity index (χ3n) is 2.01. The second-order valence-corrected chi connectivity index (χ2v) is 3.51. The summed E-state index contributed by atoms with van der Waals surface area (Å²) in [5.41, 5.74) is 0.406. The van der Waals surface area contributed by atoms with Gasteiger partial charge in [0, 0.05) is 6.20 Å². The minimum atomic E-state index is -0.984. The lowest BCUT2D eigenvalue weighted by Crippen LogP contribution is -2.16. The minimum Gasteiger partial charge on any atom is -0.478 e. The van der Waals surface area contributed by atoms with Crippen LogP contribution in [0.25, 0.3) is 0 Å². The van der Waals surface area contributed by atoms with Crippen molar-refractivity contribution < 1.29 is 9.90 Å². The van der Waals surface area contributed by atoms with Gasteiger partial charge in [-0.3, -0.25) is 4.98 Å². The number of carbonyl (C=O) groups is 1. The zero-order valence-corrected chi connectivity index (χ0v) is 8.11. The highest BCUT2D eigenvalue weighted by atomic mass is 16.4. The molecule has 0 saturated heterocycles. The van der Waals surface area contributed by atoms with E-state index in [1.54, 1.807) is 6.07 Å². The molecule has 1 rings (SSSR count). The molecule has 3 nitrogen and oxygen atoms in total. The van der Waals surface area contributed by atoms with Crippen molar-refractivity contribution in [3.8, 4) is 12.3 Å². The van der Waals surface area contributed by atoms with Crippen molar-refractivity contribution in [2.45, 2.75) is 19.3 Å². The van der Waals surface area contributed by atoms with Gasteiger partial charge in [-0.2, -0.15) is 0 Å². The Kier molecular flexibility index (Phi) is 2.57. The van der Waals surface area contributed by atoms with Crippen molar-refractivity contribution in [2.75, 3.05) is 0 Å². The number of aromatic carboxylic acids is 1. The molecule has 72 valence electrons. The molecule has 0 spiro atoms. The Morgan fingerprint density at radius 1 is 1.57 bits per heavy atom. The molecule has 0 saturated carbocycles. The minimum absolute atomic E-state index is 0.168. The summed E-state index contributed by atoms with van der Waals surface area (Å²) < 4.78 is 0. The molecule has 0 amide bonds. The lowest BCUT2D eigenvalue weighted by atomic mass is 9.90. The van der Waals surface area contributed by atoms with E-state index in [2.05, 4.69) is 10.9 Å². The Morgan fingerprint density at radius 3 is 2.57 bits per heavy atom. The van der Waals surface area contributed by atoms with Crippen LogP contribution in [-0.2, 0) is 5.41 Å². The molecule has 1 aromatic heterocycles. The van der Waals surface area contributed by atoms with Crippen LogP contribution in [-0.4, -0.2) is 16.1 Å². The van der Waals surface area contributed by atoms with Gasteiger partial charge in [0.1, 0.15) is 0 Å². The van der Waals surface area contributed by atoms with Crippen LogP contribution in [0.2, 0.25) is 0 Å². The summed E-state index contributed by atoms with van der Waals surface area (Å²) in [6.45, 7) is 3.71. The predicted octanol–water partition coefficient (Wildman–Crippen LogP) is 1.69. The number of carboxylic acids is 1. The number of nitrogens with zero attached hydrogens (tertiary/aromatic N) is 1. The van der Waals surface area contributed by atoms with Gasteiger partial charge in [-0.1, -0.05) is 5.92 Å². The zero-order valence-electron chi connectivity index (χ0n) is 8.11. The van der Waals surface area contributed by atoms with Gasteiger partial charge < -0.3 is 5.11 Å². The molecule has 1 N–H and O–H groups in total. The number of rotatable bonds is 2. The molecule has 0 aliphatic carbocycles. The largest absolute Gasteiger partial charge is 0.478 e. The highest BCUT2D eigenvalue weighted by Crippen LogP contribution is 2.19. The molecule has 14 heavy (non-hydrogen) atoms. The van der Waals surface area contributed by atoms with Crippen molar-refractivity contribution in [2.24, 2.45) is 0 Å². The van der Waals surface area contributed by atoms with Crippen molar-refractivity contribution in [1.29, 1.82) is 0 Å². The van der Waals surface area contributed by atoms with Crippen molar-refractivity contribution in [3.05, 3.63) is 29.6 Å². The topological polar surface area (TPSA) is 50.2 Å². The highest BCUT2D eigenvalue weighted by Gasteiger charge is 2.18. The van der Waals surface area contributed by atoms with E-state index < -0.39 is 11.4 Å². The van der Waals surface area contributed by atoms with E-state index in [-0.39, 0.29) is 5.56 Å². The van der Waals surface area contributed by atoms with Gasteiger partial charge in [0.15, 0.2) is 0 Å². The van der Waals surface area contributed by atoms with Crippen LogP contribution < -0.4 is 0 Å². The number of aromatic nitrogens is 1. The number of hydrogen-bond donors (Lipinski definition) is 1. The summed E-state index contributed by atoms with van der Waals surface area (Å²) in [5, 5.41) is 8.66. The molecule has 0 radical (unpaired) electrons. The Morgan fingerprint density at radius 2 is 2.21 bits per heavy atom. The summed E-state index contributed by atoms with van der Waals surface area (Å²) >= 11 is 0.